The minimum absolute atomic E-state index is 0.305. The molecule has 0 rings (SSSR count). The number of amidine groups is 1. The number of nitrogens with zero attached hydrogens (tertiary/aromatic N) is 1. The van der Waals surface area contributed by atoms with E-state index in [1.807, 2.05) is 11.8 Å². The SMILES string of the molecule is CSC(C)CNCCCC(N)=NO. The van der Waals surface area contributed by atoms with Gasteiger partial charge < -0.3 is 16.3 Å². The van der Waals surface area contributed by atoms with Crippen molar-refractivity contribution in [2.24, 2.45) is 10.9 Å². The molecule has 78 valence electrons. The van der Waals surface area contributed by atoms with E-state index in [0.717, 1.165) is 19.5 Å². The molecule has 4 N–H and O–H groups in total. The van der Waals surface area contributed by atoms with Crippen LogP contribution in [0.1, 0.15) is 19.8 Å². The van der Waals surface area contributed by atoms with Crippen molar-refractivity contribution in [2.75, 3.05) is 19.3 Å². The largest absolute Gasteiger partial charge is 0.409 e. The zero-order valence-corrected chi connectivity index (χ0v) is 9.10. The van der Waals surface area contributed by atoms with Crippen molar-refractivity contribution in [1.29, 1.82) is 0 Å². The highest BCUT2D eigenvalue weighted by molar-refractivity contribution is 7.99. The van der Waals surface area contributed by atoms with Crippen LogP contribution in [0.4, 0.5) is 0 Å². The third-order valence-corrected chi connectivity index (χ3v) is 2.72. The number of rotatable bonds is 7. The van der Waals surface area contributed by atoms with E-state index >= 15 is 0 Å². The van der Waals surface area contributed by atoms with Crippen LogP contribution in [0.3, 0.4) is 0 Å². The highest BCUT2D eigenvalue weighted by Crippen LogP contribution is 2.02. The summed E-state index contributed by atoms with van der Waals surface area (Å²) in [4.78, 5) is 0. The topological polar surface area (TPSA) is 70.6 Å². The van der Waals surface area contributed by atoms with Crippen molar-refractivity contribution < 1.29 is 5.21 Å². The molecule has 0 spiro atoms. The molecule has 0 saturated heterocycles. The van der Waals surface area contributed by atoms with E-state index < -0.39 is 0 Å². The number of thioether (sulfide) groups is 1. The second-order valence-corrected chi connectivity index (χ2v) is 4.22. The number of nitrogens with one attached hydrogen (secondary N) is 1. The van der Waals surface area contributed by atoms with Crippen molar-refractivity contribution in [1.82, 2.24) is 5.32 Å². The van der Waals surface area contributed by atoms with Crippen LogP contribution in [0.5, 0.6) is 0 Å². The van der Waals surface area contributed by atoms with E-state index in [1.54, 1.807) is 0 Å². The Hall–Kier alpha value is -0.420. The Labute approximate surface area is 84.0 Å². The number of oxime groups is 1. The third kappa shape index (κ3) is 7.93. The number of nitrogens with two attached hydrogens (primary N) is 1. The molecule has 0 aliphatic heterocycles. The van der Waals surface area contributed by atoms with Gasteiger partial charge in [-0.25, -0.2) is 0 Å². The fraction of sp³-hybridized carbons (Fsp3) is 0.875. The molecule has 0 aromatic rings. The molecule has 4 nitrogen and oxygen atoms in total. The molecule has 1 atom stereocenters. The summed E-state index contributed by atoms with van der Waals surface area (Å²) in [5, 5.41) is 15.1. The first kappa shape index (κ1) is 12.6. The average Bonchev–Trinajstić information content (AvgIpc) is 2.16. The van der Waals surface area contributed by atoms with Crippen molar-refractivity contribution in [3.63, 3.8) is 0 Å². The maximum absolute atomic E-state index is 8.26. The zero-order valence-electron chi connectivity index (χ0n) is 8.29. The highest BCUT2D eigenvalue weighted by Gasteiger charge is 1.97. The molecule has 0 aromatic carbocycles. The van der Waals surface area contributed by atoms with Gasteiger partial charge in [-0.15, -0.1) is 0 Å². The quantitative estimate of drug-likeness (QED) is 0.189. The lowest BCUT2D eigenvalue weighted by Gasteiger charge is -2.08. The van der Waals surface area contributed by atoms with Crippen molar-refractivity contribution in [3.8, 4) is 0 Å². The Kier molecular flexibility index (Phi) is 7.93. The Morgan fingerprint density at radius 2 is 2.38 bits per heavy atom. The fourth-order valence-electron chi connectivity index (χ4n) is 0.833. The molecule has 0 fully saturated rings. The van der Waals surface area contributed by atoms with Gasteiger partial charge in [0, 0.05) is 18.2 Å². The fourth-order valence-corrected chi connectivity index (χ4v) is 1.12. The first-order valence-electron chi connectivity index (χ1n) is 4.40. The van der Waals surface area contributed by atoms with E-state index in [0.29, 0.717) is 17.5 Å². The smallest absolute Gasteiger partial charge is 0.139 e. The summed E-state index contributed by atoms with van der Waals surface area (Å²) in [5.74, 6) is 0.305. The molecule has 0 heterocycles. The molecule has 0 aromatic heterocycles. The standard InChI is InChI=1S/C8H19N3OS/c1-7(13-2)6-10-5-3-4-8(9)11-12/h7,10,12H,3-6H2,1-2H3,(H2,9,11). The molecule has 13 heavy (non-hydrogen) atoms. The molecule has 0 amide bonds. The van der Waals surface area contributed by atoms with Crippen LogP contribution in [-0.2, 0) is 0 Å². The zero-order chi connectivity index (χ0) is 10.1. The summed E-state index contributed by atoms with van der Waals surface area (Å²) < 4.78 is 0. The minimum atomic E-state index is 0.305. The maximum atomic E-state index is 8.26. The molecule has 0 radical (unpaired) electrons. The maximum Gasteiger partial charge on any atom is 0.139 e. The highest BCUT2D eigenvalue weighted by atomic mass is 32.2. The van der Waals surface area contributed by atoms with Crippen LogP contribution in [0.2, 0.25) is 0 Å². The summed E-state index contributed by atoms with van der Waals surface area (Å²) in [7, 11) is 0. The van der Waals surface area contributed by atoms with Crippen LogP contribution in [0, 0.1) is 0 Å². The van der Waals surface area contributed by atoms with E-state index in [2.05, 4.69) is 23.7 Å². The Morgan fingerprint density at radius 1 is 1.69 bits per heavy atom. The van der Waals surface area contributed by atoms with Gasteiger partial charge in [0.2, 0.25) is 0 Å². The number of hydrogen-bond acceptors (Lipinski definition) is 4. The van der Waals surface area contributed by atoms with Crippen LogP contribution >= 0.6 is 11.8 Å². The summed E-state index contributed by atoms with van der Waals surface area (Å²) >= 11 is 1.84. The van der Waals surface area contributed by atoms with Gasteiger partial charge in [-0.3, -0.25) is 0 Å². The summed E-state index contributed by atoms with van der Waals surface area (Å²) in [6, 6.07) is 0. The van der Waals surface area contributed by atoms with Gasteiger partial charge in [0.15, 0.2) is 0 Å². The molecule has 0 saturated carbocycles. The molecule has 0 aliphatic rings. The van der Waals surface area contributed by atoms with Gasteiger partial charge >= 0.3 is 0 Å². The normalized spacial score (nSPS) is 14.5. The second-order valence-electron chi connectivity index (χ2n) is 2.95. The Morgan fingerprint density at radius 3 is 2.92 bits per heavy atom. The first-order valence-corrected chi connectivity index (χ1v) is 5.69. The number of hydrogen-bond donors (Lipinski definition) is 3. The van der Waals surface area contributed by atoms with Crippen LogP contribution in [-0.4, -0.2) is 35.6 Å². The second kappa shape index (κ2) is 8.19. The van der Waals surface area contributed by atoms with Gasteiger partial charge in [-0.1, -0.05) is 12.1 Å². The van der Waals surface area contributed by atoms with Crippen molar-refractivity contribution >= 4 is 17.6 Å². The molecule has 5 heteroatoms. The van der Waals surface area contributed by atoms with Gasteiger partial charge in [0.25, 0.3) is 0 Å². The molecule has 0 aliphatic carbocycles. The lowest BCUT2D eigenvalue weighted by atomic mass is 10.3. The van der Waals surface area contributed by atoms with E-state index in [1.165, 1.54) is 0 Å². The first-order chi connectivity index (χ1) is 6.20. The summed E-state index contributed by atoms with van der Waals surface area (Å²) in [6.45, 7) is 4.11. The van der Waals surface area contributed by atoms with Crippen LogP contribution in [0.15, 0.2) is 5.16 Å². The van der Waals surface area contributed by atoms with Gasteiger partial charge in [-0.2, -0.15) is 11.8 Å². The Bertz CT molecular complexity index is 152. The minimum Gasteiger partial charge on any atom is -0.409 e. The molecule has 0 bridgehead atoms. The van der Waals surface area contributed by atoms with Crippen molar-refractivity contribution in [3.05, 3.63) is 0 Å². The Balaban J connectivity index is 3.17. The van der Waals surface area contributed by atoms with Gasteiger partial charge in [0.1, 0.15) is 5.84 Å². The summed E-state index contributed by atoms with van der Waals surface area (Å²) in [5.41, 5.74) is 5.31. The summed E-state index contributed by atoms with van der Waals surface area (Å²) in [6.07, 6.45) is 3.66. The van der Waals surface area contributed by atoms with Crippen LogP contribution < -0.4 is 11.1 Å². The van der Waals surface area contributed by atoms with Crippen LogP contribution in [0.25, 0.3) is 0 Å². The van der Waals surface area contributed by atoms with E-state index in [-0.39, 0.29) is 0 Å². The van der Waals surface area contributed by atoms with Gasteiger partial charge in [0.05, 0.1) is 0 Å². The molecular formula is C8H19N3OS. The lowest BCUT2D eigenvalue weighted by Crippen LogP contribution is -2.24. The third-order valence-electron chi connectivity index (χ3n) is 1.75. The van der Waals surface area contributed by atoms with E-state index in [9.17, 15) is 0 Å². The molecule has 1 unspecified atom stereocenters. The molecular weight excluding hydrogens is 186 g/mol. The van der Waals surface area contributed by atoms with Crippen molar-refractivity contribution in [2.45, 2.75) is 25.0 Å². The van der Waals surface area contributed by atoms with E-state index in [4.69, 9.17) is 10.9 Å². The predicted molar refractivity (Wildman–Crippen MR) is 58.5 cm³/mol. The predicted octanol–water partition coefficient (Wildman–Crippen LogP) is 0.854. The lowest BCUT2D eigenvalue weighted by molar-refractivity contribution is 0.316. The average molecular weight is 205 g/mol. The monoisotopic (exact) mass is 205 g/mol. The van der Waals surface area contributed by atoms with Gasteiger partial charge in [-0.05, 0) is 19.2 Å².